The van der Waals surface area contributed by atoms with E-state index in [0.717, 1.165) is 25.7 Å². The van der Waals surface area contributed by atoms with Crippen LogP contribution in [0, 0.1) is 5.92 Å². The SMILES string of the molecule is CC1CCCC(N)(C(=O)CCc2ccccc2)C1. The van der Waals surface area contributed by atoms with E-state index >= 15 is 0 Å². The quantitative estimate of drug-likeness (QED) is 0.885. The molecule has 0 bridgehead atoms. The second kappa shape index (κ2) is 5.66. The maximum atomic E-state index is 12.3. The van der Waals surface area contributed by atoms with Gasteiger partial charge in [0.1, 0.15) is 0 Å². The minimum Gasteiger partial charge on any atom is -0.319 e. The Labute approximate surface area is 110 Å². The number of hydrogen-bond acceptors (Lipinski definition) is 2. The Kier molecular flexibility index (Phi) is 4.18. The van der Waals surface area contributed by atoms with Crippen molar-refractivity contribution in [3.05, 3.63) is 35.9 Å². The van der Waals surface area contributed by atoms with E-state index in [9.17, 15) is 4.79 Å². The predicted octanol–water partition coefficient (Wildman–Crippen LogP) is 3.10. The third-order valence-corrected chi connectivity index (χ3v) is 4.07. The number of carbonyl (C=O) groups excluding carboxylic acids is 1. The van der Waals surface area contributed by atoms with Crippen molar-refractivity contribution in [3.8, 4) is 0 Å². The van der Waals surface area contributed by atoms with Crippen LogP contribution in [0.2, 0.25) is 0 Å². The topological polar surface area (TPSA) is 43.1 Å². The van der Waals surface area contributed by atoms with Crippen LogP contribution in [0.1, 0.15) is 44.6 Å². The summed E-state index contributed by atoms with van der Waals surface area (Å²) in [4.78, 5) is 12.3. The van der Waals surface area contributed by atoms with Crippen molar-refractivity contribution in [2.24, 2.45) is 11.7 Å². The fraction of sp³-hybridized carbons (Fsp3) is 0.562. The van der Waals surface area contributed by atoms with Gasteiger partial charge in [0.25, 0.3) is 0 Å². The van der Waals surface area contributed by atoms with Gasteiger partial charge >= 0.3 is 0 Å². The van der Waals surface area contributed by atoms with Crippen molar-refractivity contribution in [3.63, 3.8) is 0 Å². The molecule has 2 N–H and O–H groups in total. The van der Waals surface area contributed by atoms with E-state index < -0.39 is 5.54 Å². The average molecular weight is 245 g/mol. The van der Waals surface area contributed by atoms with Crippen LogP contribution < -0.4 is 5.73 Å². The predicted molar refractivity (Wildman–Crippen MR) is 74.3 cm³/mol. The molecular weight excluding hydrogens is 222 g/mol. The molecule has 98 valence electrons. The molecule has 1 fully saturated rings. The van der Waals surface area contributed by atoms with Crippen LogP contribution in [-0.4, -0.2) is 11.3 Å². The first-order valence-corrected chi connectivity index (χ1v) is 6.96. The van der Waals surface area contributed by atoms with Gasteiger partial charge in [-0.1, -0.05) is 50.1 Å². The Hall–Kier alpha value is -1.15. The number of carbonyl (C=O) groups is 1. The van der Waals surface area contributed by atoms with Crippen molar-refractivity contribution < 1.29 is 4.79 Å². The zero-order valence-electron chi connectivity index (χ0n) is 11.2. The lowest BCUT2D eigenvalue weighted by Gasteiger charge is -2.35. The van der Waals surface area contributed by atoms with Crippen molar-refractivity contribution in [1.82, 2.24) is 0 Å². The molecule has 2 rings (SSSR count). The van der Waals surface area contributed by atoms with Gasteiger partial charge in [0, 0.05) is 6.42 Å². The summed E-state index contributed by atoms with van der Waals surface area (Å²) < 4.78 is 0. The molecule has 0 radical (unpaired) electrons. The van der Waals surface area contributed by atoms with Crippen LogP contribution in [0.5, 0.6) is 0 Å². The molecular formula is C16H23NO. The van der Waals surface area contributed by atoms with Gasteiger partial charge in [-0.2, -0.15) is 0 Å². The summed E-state index contributed by atoms with van der Waals surface area (Å²) in [6, 6.07) is 10.2. The second-order valence-corrected chi connectivity index (χ2v) is 5.77. The number of hydrogen-bond donors (Lipinski definition) is 1. The van der Waals surface area contributed by atoms with Crippen molar-refractivity contribution >= 4 is 5.78 Å². The smallest absolute Gasteiger partial charge is 0.152 e. The fourth-order valence-electron chi connectivity index (χ4n) is 3.00. The molecule has 2 unspecified atom stereocenters. The van der Waals surface area contributed by atoms with Gasteiger partial charge in [-0.05, 0) is 30.7 Å². The first kappa shape index (κ1) is 13.3. The maximum absolute atomic E-state index is 12.3. The van der Waals surface area contributed by atoms with Gasteiger partial charge in [0.2, 0.25) is 0 Å². The Morgan fingerprint density at radius 2 is 2.11 bits per heavy atom. The Morgan fingerprint density at radius 1 is 1.39 bits per heavy atom. The minimum absolute atomic E-state index is 0.248. The van der Waals surface area contributed by atoms with Crippen LogP contribution in [-0.2, 0) is 11.2 Å². The zero-order valence-corrected chi connectivity index (χ0v) is 11.2. The highest BCUT2D eigenvalue weighted by molar-refractivity contribution is 5.88. The molecule has 2 heteroatoms. The summed E-state index contributed by atoms with van der Waals surface area (Å²) in [5.41, 5.74) is 6.98. The van der Waals surface area contributed by atoms with Crippen LogP contribution >= 0.6 is 0 Å². The molecule has 18 heavy (non-hydrogen) atoms. The van der Waals surface area contributed by atoms with Gasteiger partial charge in [-0.3, -0.25) is 4.79 Å². The third kappa shape index (κ3) is 3.20. The van der Waals surface area contributed by atoms with Crippen molar-refractivity contribution in [1.29, 1.82) is 0 Å². The second-order valence-electron chi connectivity index (χ2n) is 5.77. The molecule has 1 saturated carbocycles. The molecule has 0 aliphatic heterocycles. The van der Waals surface area contributed by atoms with Crippen LogP contribution in [0.4, 0.5) is 0 Å². The molecule has 1 aliphatic carbocycles. The number of aryl methyl sites for hydroxylation is 1. The molecule has 0 heterocycles. The number of nitrogens with two attached hydrogens (primary N) is 1. The molecule has 1 aromatic carbocycles. The first-order valence-electron chi connectivity index (χ1n) is 6.96. The Bertz CT molecular complexity index is 401. The summed E-state index contributed by atoms with van der Waals surface area (Å²) in [6.07, 6.45) is 5.42. The Balaban J connectivity index is 1.91. The molecule has 0 saturated heterocycles. The number of rotatable bonds is 4. The number of Topliss-reactive ketones (excluding diaryl/α,β-unsaturated/α-hetero) is 1. The normalized spacial score (nSPS) is 28.0. The van der Waals surface area contributed by atoms with Gasteiger partial charge < -0.3 is 5.73 Å². The molecule has 1 aliphatic rings. The average Bonchev–Trinajstić information content (AvgIpc) is 2.37. The van der Waals surface area contributed by atoms with E-state index in [2.05, 4.69) is 19.1 Å². The third-order valence-electron chi connectivity index (χ3n) is 4.07. The van der Waals surface area contributed by atoms with Crippen LogP contribution in [0.15, 0.2) is 30.3 Å². The molecule has 0 spiro atoms. The van der Waals surface area contributed by atoms with Crippen LogP contribution in [0.3, 0.4) is 0 Å². The highest BCUT2D eigenvalue weighted by Gasteiger charge is 2.36. The van der Waals surface area contributed by atoms with E-state index in [4.69, 9.17) is 5.73 Å². The number of ketones is 1. The van der Waals surface area contributed by atoms with E-state index in [0.29, 0.717) is 12.3 Å². The summed E-state index contributed by atoms with van der Waals surface area (Å²) in [6.45, 7) is 2.20. The molecule has 2 atom stereocenters. The summed E-state index contributed by atoms with van der Waals surface area (Å²) in [5, 5.41) is 0. The van der Waals surface area contributed by atoms with Gasteiger partial charge in [0.05, 0.1) is 5.54 Å². The molecule has 0 aromatic heterocycles. The van der Waals surface area contributed by atoms with Gasteiger partial charge in [-0.15, -0.1) is 0 Å². The van der Waals surface area contributed by atoms with E-state index in [1.54, 1.807) is 0 Å². The maximum Gasteiger partial charge on any atom is 0.152 e. The molecule has 2 nitrogen and oxygen atoms in total. The molecule has 0 amide bonds. The Morgan fingerprint density at radius 3 is 2.78 bits per heavy atom. The highest BCUT2D eigenvalue weighted by atomic mass is 16.1. The summed E-state index contributed by atoms with van der Waals surface area (Å²) in [7, 11) is 0. The fourth-order valence-corrected chi connectivity index (χ4v) is 3.00. The number of benzene rings is 1. The van der Waals surface area contributed by atoms with E-state index in [1.807, 2.05) is 18.2 Å². The van der Waals surface area contributed by atoms with Crippen LogP contribution in [0.25, 0.3) is 0 Å². The van der Waals surface area contributed by atoms with Gasteiger partial charge in [0.15, 0.2) is 5.78 Å². The van der Waals surface area contributed by atoms with Crippen molar-refractivity contribution in [2.75, 3.05) is 0 Å². The van der Waals surface area contributed by atoms with E-state index in [-0.39, 0.29) is 5.78 Å². The van der Waals surface area contributed by atoms with Gasteiger partial charge in [-0.25, -0.2) is 0 Å². The lowest BCUT2D eigenvalue weighted by Crippen LogP contribution is -2.51. The van der Waals surface area contributed by atoms with E-state index in [1.165, 1.54) is 12.0 Å². The lowest BCUT2D eigenvalue weighted by atomic mass is 9.73. The lowest BCUT2D eigenvalue weighted by molar-refractivity contribution is -0.125. The first-order chi connectivity index (χ1) is 8.60. The highest BCUT2D eigenvalue weighted by Crippen LogP contribution is 2.32. The standard InChI is InChI=1S/C16H23NO/c1-13-6-5-11-16(17,12-13)15(18)10-9-14-7-3-2-4-8-14/h2-4,7-8,13H,5-6,9-12,17H2,1H3. The minimum atomic E-state index is -0.549. The monoisotopic (exact) mass is 245 g/mol. The zero-order chi connectivity index (χ0) is 13.0. The summed E-state index contributed by atoms with van der Waals surface area (Å²) in [5.74, 6) is 0.835. The molecule has 1 aromatic rings. The largest absolute Gasteiger partial charge is 0.319 e. The van der Waals surface area contributed by atoms with Crippen molar-refractivity contribution in [2.45, 2.75) is 51.0 Å². The summed E-state index contributed by atoms with van der Waals surface area (Å²) >= 11 is 0.